The van der Waals surface area contributed by atoms with Gasteiger partial charge in [0, 0.05) is 19.6 Å². The van der Waals surface area contributed by atoms with Gasteiger partial charge in [0.2, 0.25) is 0 Å². The summed E-state index contributed by atoms with van der Waals surface area (Å²) < 4.78 is 5.34. The third-order valence-electron chi connectivity index (χ3n) is 2.24. The van der Waals surface area contributed by atoms with Crippen molar-refractivity contribution >= 4 is 6.09 Å². The monoisotopic (exact) mass is 214 g/mol. The number of carbonyl (C=O) groups excluding carboxylic acids is 1. The molecule has 1 aliphatic heterocycles. The third kappa shape index (κ3) is 4.51. The molecule has 4 heteroatoms. The highest BCUT2D eigenvalue weighted by atomic mass is 16.6. The summed E-state index contributed by atoms with van der Waals surface area (Å²) in [6.07, 6.45) is -0.196. The molecule has 0 bridgehead atoms. The second kappa shape index (κ2) is 4.84. The summed E-state index contributed by atoms with van der Waals surface area (Å²) in [6.45, 7) is 11.2. The molecule has 4 nitrogen and oxygen atoms in total. The molecule has 0 aliphatic carbocycles. The summed E-state index contributed by atoms with van der Waals surface area (Å²) >= 11 is 0. The van der Waals surface area contributed by atoms with E-state index in [1.54, 1.807) is 4.90 Å². The van der Waals surface area contributed by atoms with Crippen LogP contribution < -0.4 is 5.32 Å². The maximum Gasteiger partial charge on any atom is 0.410 e. The van der Waals surface area contributed by atoms with Crippen molar-refractivity contribution in [2.75, 3.05) is 26.2 Å². The van der Waals surface area contributed by atoms with Gasteiger partial charge in [-0.2, -0.15) is 0 Å². The fraction of sp³-hybridized carbons (Fsp3) is 0.909. The number of nitrogens with one attached hydrogen (secondary N) is 1. The normalized spacial score (nSPS) is 23.5. The van der Waals surface area contributed by atoms with Crippen molar-refractivity contribution in [2.45, 2.75) is 33.3 Å². The highest BCUT2D eigenvalue weighted by Gasteiger charge is 2.24. The Balaban J connectivity index is 2.50. The summed E-state index contributed by atoms with van der Waals surface area (Å²) in [7, 11) is 0. The van der Waals surface area contributed by atoms with E-state index in [1.165, 1.54) is 0 Å². The van der Waals surface area contributed by atoms with Gasteiger partial charge in [0.25, 0.3) is 0 Å². The fourth-order valence-electron chi connectivity index (χ4n) is 1.59. The quantitative estimate of drug-likeness (QED) is 0.664. The first-order chi connectivity index (χ1) is 6.88. The average Bonchev–Trinajstić information content (AvgIpc) is 2.26. The molecule has 1 rings (SSSR count). The van der Waals surface area contributed by atoms with E-state index < -0.39 is 5.60 Å². The Morgan fingerprint density at radius 3 is 2.73 bits per heavy atom. The van der Waals surface area contributed by atoms with Gasteiger partial charge in [-0.25, -0.2) is 4.79 Å². The van der Waals surface area contributed by atoms with Crippen LogP contribution in [0.25, 0.3) is 0 Å². The van der Waals surface area contributed by atoms with Crippen molar-refractivity contribution in [1.82, 2.24) is 10.2 Å². The van der Waals surface area contributed by atoms with Gasteiger partial charge >= 0.3 is 6.09 Å². The summed E-state index contributed by atoms with van der Waals surface area (Å²) in [5.41, 5.74) is -0.403. The molecule has 0 spiro atoms. The number of nitrogens with zero attached hydrogens (tertiary/aromatic N) is 1. The van der Waals surface area contributed by atoms with Gasteiger partial charge in [0.05, 0.1) is 0 Å². The molecule has 0 saturated carbocycles. The van der Waals surface area contributed by atoms with Crippen molar-refractivity contribution < 1.29 is 9.53 Å². The van der Waals surface area contributed by atoms with Gasteiger partial charge < -0.3 is 15.0 Å². The van der Waals surface area contributed by atoms with Gasteiger partial charge in [-0.3, -0.25) is 0 Å². The van der Waals surface area contributed by atoms with E-state index in [2.05, 4.69) is 12.2 Å². The molecule has 0 aromatic heterocycles. The Hall–Kier alpha value is -0.770. The molecule has 0 unspecified atom stereocenters. The van der Waals surface area contributed by atoms with Gasteiger partial charge in [0.1, 0.15) is 5.60 Å². The molecule has 1 heterocycles. The van der Waals surface area contributed by atoms with Crippen molar-refractivity contribution in [3.05, 3.63) is 0 Å². The smallest absolute Gasteiger partial charge is 0.410 e. The second-order valence-electron chi connectivity index (χ2n) is 5.24. The van der Waals surface area contributed by atoms with Crippen molar-refractivity contribution in [3.63, 3.8) is 0 Å². The Morgan fingerprint density at radius 2 is 2.13 bits per heavy atom. The molecular formula is C11H22N2O2. The lowest BCUT2D eigenvalue weighted by Gasteiger charge is -2.27. The first-order valence-electron chi connectivity index (χ1n) is 5.57. The zero-order valence-electron chi connectivity index (χ0n) is 10.2. The molecular weight excluding hydrogens is 192 g/mol. The van der Waals surface area contributed by atoms with Crippen LogP contribution in [0.1, 0.15) is 27.7 Å². The predicted molar refractivity (Wildman–Crippen MR) is 59.8 cm³/mol. The molecule has 1 saturated heterocycles. The Bertz CT molecular complexity index is 223. The van der Waals surface area contributed by atoms with Crippen LogP contribution in [-0.2, 0) is 4.74 Å². The summed E-state index contributed by atoms with van der Waals surface area (Å²) in [6, 6.07) is 0. The SMILES string of the molecule is C[C@H]1CNCCN(C(=O)OC(C)(C)C)C1. The van der Waals surface area contributed by atoms with Crippen LogP contribution in [0.4, 0.5) is 4.79 Å². The number of hydrogen-bond acceptors (Lipinski definition) is 3. The van der Waals surface area contributed by atoms with Gasteiger partial charge in [-0.15, -0.1) is 0 Å². The van der Waals surface area contributed by atoms with E-state index in [-0.39, 0.29) is 6.09 Å². The summed E-state index contributed by atoms with van der Waals surface area (Å²) in [5, 5.41) is 3.30. The molecule has 1 amide bonds. The molecule has 15 heavy (non-hydrogen) atoms. The Labute approximate surface area is 92.0 Å². The van der Waals surface area contributed by atoms with E-state index in [0.29, 0.717) is 5.92 Å². The van der Waals surface area contributed by atoms with Crippen LogP contribution in [-0.4, -0.2) is 42.8 Å². The van der Waals surface area contributed by atoms with Crippen LogP contribution in [0.5, 0.6) is 0 Å². The zero-order chi connectivity index (χ0) is 11.5. The number of rotatable bonds is 0. The molecule has 1 aliphatic rings. The van der Waals surface area contributed by atoms with Crippen LogP contribution >= 0.6 is 0 Å². The highest BCUT2D eigenvalue weighted by molar-refractivity contribution is 5.68. The number of carbonyl (C=O) groups is 1. The van der Waals surface area contributed by atoms with Crippen LogP contribution in [0.15, 0.2) is 0 Å². The molecule has 1 N–H and O–H groups in total. The Kier molecular flexibility index (Phi) is 3.97. The number of amides is 1. The van der Waals surface area contributed by atoms with Gasteiger partial charge in [-0.1, -0.05) is 6.92 Å². The lowest BCUT2D eigenvalue weighted by Crippen LogP contribution is -2.39. The van der Waals surface area contributed by atoms with E-state index >= 15 is 0 Å². The minimum absolute atomic E-state index is 0.196. The molecule has 88 valence electrons. The highest BCUT2D eigenvalue weighted by Crippen LogP contribution is 2.11. The third-order valence-corrected chi connectivity index (χ3v) is 2.24. The predicted octanol–water partition coefficient (Wildman–Crippen LogP) is 1.46. The minimum atomic E-state index is -0.403. The van der Waals surface area contributed by atoms with Crippen molar-refractivity contribution in [2.24, 2.45) is 5.92 Å². The van der Waals surface area contributed by atoms with E-state index in [4.69, 9.17) is 4.74 Å². The van der Waals surface area contributed by atoms with Gasteiger partial charge in [-0.05, 0) is 33.2 Å². The van der Waals surface area contributed by atoms with Gasteiger partial charge in [0.15, 0.2) is 0 Å². The van der Waals surface area contributed by atoms with Crippen LogP contribution in [0.2, 0.25) is 0 Å². The van der Waals surface area contributed by atoms with E-state index in [9.17, 15) is 4.79 Å². The largest absolute Gasteiger partial charge is 0.444 e. The fourth-order valence-corrected chi connectivity index (χ4v) is 1.59. The molecule has 1 atom stereocenters. The van der Waals surface area contributed by atoms with Crippen LogP contribution in [0, 0.1) is 5.92 Å². The summed E-state index contributed by atoms with van der Waals surface area (Å²) in [5.74, 6) is 0.486. The van der Waals surface area contributed by atoms with E-state index in [1.807, 2.05) is 20.8 Å². The molecule has 1 fully saturated rings. The van der Waals surface area contributed by atoms with Crippen LogP contribution in [0.3, 0.4) is 0 Å². The molecule has 0 aromatic rings. The molecule has 0 aromatic carbocycles. The maximum atomic E-state index is 11.8. The first-order valence-corrected chi connectivity index (χ1v) is 5.57. The first kappa shape index (κ1) is 12.3. The summed E-state index contributed by atoms with van der Waals surface area (Å²) in [4.78, 5) is 13.6. The lowest BCUT2D eigenvalue weighted by molar-refractivity contribution is 0.0245. The zero-order valence-corrected chi connectivity index (χ0v) is 10.2. The van der Waals surface area contributed by atoms with Crippen molar-refractivity contribution in [3.8, 4) is 0 Å². The maximum absolute atomic E-state index is 11.8. The number of ether oxygens (including phenoxy) is 1. The van der Waals surface area contributed by atoms with E-state index in [0.717, 1.165) is 26.2 Å². The second-order valence-corrected chi connectivity index (χ2v) is 5.24. The topological polar surface area (TPSA) is 41.6 Å². The minimum Gasteiger partial charge on any atom is -0.444 e. The standard InChI is InChI=1S/C11H22N2O2/c1-9-7-12-5-6-13(8-9)10(14)15-11(2,3)4/h9,12H,5-8H2,1-4H3/t9-/m0/s1. The van der Waals surface area contributed by atoms with Crippen molar-refractivity contribution in [1.29, 1.82) is 0 Å². The average molecular weight is 214 g/mol. The number of hydrogen-bond donors (Lipinski definition) is 1. The molecule has 0 radical (unpaired) electrons. The lowest BCUT2D eigenvalue weighted by atomic mass is 10.2. The Morgan fingerprint density at radius 1 is 1.47 bits per heavy atom.